The molecule has 0 saturated heterocycles. The molecule has 0 radical (unpaired) electrons. The largest absolute Gasteiger partial charge is 0.348 e. The van der Waals surface area contributed by atoms with Crippen LogP contribution in [0.4, 0.5) is 22.7 Å². The molecular weight excluding hydrogens is 374 g/mol. The fourth-order valence-electron chi connectivity index (χ4n) is 2.03. The maximum Gasteiger partial charge on any atom is 0.307 e. The summed E-state index contributed by atoms with van der Waals surface area (Å²) in [4.78, 5) is 20.8. The molecule has 0 aliphatic carbocycles. The van der Waals surface area contributed by atoms with E-state index in [9.17, 15) is 20.2 Å². The normalized spacial score (nSPS) is 10.7. The minimum absolute atomic E-state index is 0.0325. The molecule has 1 N–H and O–H groups in total. The third-order valence-electron chi connectivity index (χ3n) is 2.98. The number of fused-ring (bicyclic) bond motifs is 1. The Labute approximate surface area is 135 Å². The van der Waals surface area contributed by atoms with Crippen molar-refractivity contribution in [2.75, 3.05) is 5.32 Å². The molecule has 0 aliphatic rings. The van der Waals surface area contributed by atoms with E-state index in [1.165, 1.54) is 0 Å². The molecule has 2 aromatic carbocycles. The van der Waals surface area contributed by atoms with Gasteiger partial charge in [0.1, 0.15) is 5.69 Å². The van der Waals surface area contributed by atoms with Gasteiger partial charge >= 0.3 is 11.4 Å². The summed E-state index contributed by atoms with van der Waals surface area (Å²) in [5, 5.41) is 32.2. The topological polar surface area (TPSA) is 137 Å². The third kappa shape index (κ3) is 2.68. The lowest BCUT2D eigenvalue weighted by Gasteiger charge is -2.07. The number of nitrogens with zero attached hydrogens (tertiary/aromatic N) is 4. The Bertz CT molecular complexity index is 941. The van der Waals surface area contributed by atoms with Crippen LogP contribution in [-0.4, -0.2) is 20.2 Å². The van der Waals surface area contributed by atoms with Crippen molar-refractivity contribution in [2.24, 2.45) is 0 Å². The van der Waals surface area contributed by atoms with Crippen molar-refractivity contribution in [2.45, 2.75) is 0 Å². The molecule has 3 rings (SSSR count). The van der Waals surface area contributed by atoms with Gasteiger partial charge in [-0.05, 0) is 28.5 Å². The van der Waals surface area contributed by atoms with Crippen LogP contribution >= 0.6 is 15.9 Å². The zero-order valence-corrected chi connectivity index (χ0v) is 12.7. The molecule has 0 amide bonds. The minimum Gasteiger partial charge on any atom is -0.348 e. The van der Waals surface area contributed by atoms with Gasteiger partial charge in [0.25, 0.3) is 0 Å². The van der Waals surface area contributed by atoms with Gasteiger partial charge in [0.15, 0.2) is 5.52 Å². The van der Waals surface area contributed by atoms with Gasteiger partial charge in [-0.15, -0.1) is 0 Å². The van der Waals surface area contributed by atoms with E-state index in [0.717, 1.165) is 10.5 Å². The van der Waals surface area contributed by atoms with Crippen LogP contribution in [0.3, 0.4) is 0 Å². The maximum atomic E-state index is 11.3. The fraction of sp³-hybridized carbons (Fsp3) is 0. The number of nitro groups is 2. The van der Waals surface area contributed by atoms with Crippen molar-refractivity contribution in [1.29, 1.82) is 0 Å². The quantitative estimate of drug-likeness (QED) is 0.536. The number of non-ortho nitro benzene ring substituents is 1. The van der Waals surface area contributed by atoms with Crippen LogP contribution in [0.2, 0.25) is 0 Å². The first kappa shape index (κ1) is 14.8. The second-order valence-electron chi connectivity index (χ2n) is 4.40. The minimum atomic E-state index is -0.775. The Morgan fingerprint density at radius 1 is 1.04 bits per heavy atom. The third-order valence-corrected chi connectivity index (χ3v) is 3.48. The van der Waals surface area contributed by atoms with Crippen molar-refractivity contribution in [3.63, 3.8) is 0 Å². The molecule has 0 saturated carbocycles. The van der Waals surface area contributed by atoms with E-state index in [0.29, 0.717) is 5.69 Å². The summed E-state index contributed by atoms with van der Waals surface area (Å²) < 4.78 is 5.27. The van der Waals surface area contributed by atoms with Gasteiger partial charge in [0, 0.05) is 10.2 Å². The predicted octanol–water partition coefficient (Wildman–Crippen LogP) is 3.55. The van der Waals surface area contributed by atoms with Gasteiger partial charge in [-0.3, -0.25) is 20.2 Å². The van der Waals surface area contributed by atoms with E-state index in [2.05, 4.69) is 36.2 Å². The van der Waals surface area contributed by atoms with Crippen molar-refractivity contribution in [1.82, 2.24) is 10.3 Å². The van der Waals surface area contributed by atoms with Crippen molar-refractivity contribution >= 4 is 49.7 Å². The number of benzene rings is 2. The first-order valence-corrected chi connectivity index (χ1v) is 6.87. The lowest BCUT2D eigenvalue weighted by molar-refractivity contribution is -0.392. The molecular formula is C12H6BrN5O5. The van der Waals surface area contributed by atoms with E-state index in [4.69, 9.17) is 0 Å². The van der Waals surface area contributed by atoms with Gasteiger partial charge < -0.3 is 5.32 Å². The fourth-order valence-corrected chi connectivity index (χ4v) is 2.43. The lowest BCUT2D eigenvalue weighted by atomic mass is 10.2. The molecule has 116 valence electrons. The molecule has 0 aliphatic heterocycles. The van der Waals surface area contributed by atoms with Gasteiger partial charge in [-0.2, -0.15) is 0 Å². The van der Waals surface area contributed by atoms with E-state index in [-0.39, 0.29) is 16.7 Å². The molecule has 0 atom stereocenters. The van der Waals surface area contributed by atoms with E-state index < -0.39 is 21.2 Å². The van der Waals surface area contributed by atoms with Gasteiger partial charge in [-0.1, -0.05) is 22.0 Å². The van der Waals surface area contributed by atoms with Gasteiger partial charge in [0.2, 0.25) is 5.52 Å². The molecule has 0 bridgehead atoms. The zero-order chi connectivity index (χ0) is 16.6. The average molecular weight is 380 g/mol. The summed E-state index contributed by atoms with van der Waals surface area (Å²) >= 11 is 3.29. The monoisotopic (exact) mass is 379 g/mol. The predicted molar refractivity (Wildman–Crippen MR) is 82.5 cm³/mol. The van der Waals surface area contributed by atoms with Crippen LogP contribution in [0.25, 0.3) is 11.0 Å². The standard InChI is InChI=1S/C12H6BrN5O5/c13-6-2-1-3-7(4-6)14-10-8(17(19)20)5-9(18(21)22)11-12(10)16-23-15-11/h1-5,14H. The number of anilines is 2. The van der Waals surface area contributed by atoms with Crippen molar-refractivity contribution in [3.8, 4) is 0 Å². The molecule has 23 heavy (non-hydrogen) atoms. The summed E-state index contributed by atoms with van der Waals surface area (Å²) in [6.45, 7) is 0. The molecule has 0 unspecified atom stereocenters. The van der Waals surface area contributed by atoms with Crippen LogP contribution in [-0.2, 0) is 0 Å². The smallest absolute Gasteiger partial charge is 0.307 e. The number of hydrogen-bond acceptors (Lipinski definition) is 8. The number of nitrogens with one attached hydrogen (secondary N) is 1. The number of aromatic nitrogens is 2. The molecule has 0 spiro atoms. The van der Waals surface area contributed by atoms with E-state index >= 15 is 0 Å². The number of hydrogen-bond donors (Lipinski definition) is 1. The summed E-state index contributed by atoms with van der Waals surface area (Å²) in [5.74, 6) is 0. The summed E-state index contributed by atoms with van der Waals surface area (Å²) in [7, 11) is 0. The Morgan fingerprint density at radius 2 is 1.74 bits per heavy atom. The molecule has 10 nitrogen and oxygen atoms in total. The second-order valence-corrected chi connectivity index (χ2v) is 5.32. The molecule has 3 aromatic rings. The molecule has 1 aromatic heterocycles. The average Bonchev–Trinajstić information content (AvgIpc) is 2.96. The van der Waals surface area contributed by atoms with Crippen LogP contribution in [0.15, 0.2) is 39.4 Å². The summed E-state index contributed by atoms with van der Waals surface area (Å²) in [6.07, 6.45) is 0. The van der Waals surface area contributed by atoms with Crippen molar-refractivity contribution < 1.29 is 14.5 Å². The second kappa shape index (κ2) is 5.61. The van der Waals surface area contributed by atoms with Gasteiger partial charge in [0.05, 0.1) is 15.9 Å². The Hall–Kier alpha value is -3.08. The molecule has 0 fully saturated rings. The molecule has 11 heteroatoms. The van der Waals surface area contributed by atoms with Gasteiger partial charge in [-0.25, -0.2) is 4.63 Å². The number of halogens is 1. The molecule has 1 heterocycles. The summed E-state index contributed by atoms with van der Waals surface area (Å²) in [5.41, 5.74) is -0.813. The summed E-state index contributed by atoms with van der Waals surface area (Å²) in [6, 6.07) is 7.69. The Kier molecular flexibility index (Phi) is 3.62. The highest BCUT2D eigenvalue weighted by atomic mass is 79.9. The van der Waals surface area contributed by atoms with Crippen molar-refractivity contribution in [3.05, 3.63) is 55.0 Å². The number of rotatable bonds is 4. The first-order chi connectivity index (χ1) is 11.0. The lowest BCUT2D eigenvalue weighted by Crippen LogP contribution is -2.00. The van der Waals surface area contributed by atoms with E-state index in [1.807, 2.05) is 0 Å². The Morgan fingerprint density at radius 3 is 2.39 bits per heavy atom. The SMILES string of the molecule is O=[N+]([O-])c1cc([N+](=O)[O-])c2nonc2c1Nc1cccc(Br)c1. The highest BCUT2D eigenvalue weighted by Gasteiger charge is 2.29. The van der Waals surface area contributed by atoms with Crippen LogP contribution < -0.4 is 5.32 Å². The van der Waals surface area contributed by atoms with Crippen LogP contribution in [0.1, 0.15) is 0 Å². The maximum absolute atomic E-state index is 11.3. The van der Waals surface area contributed by atoms with Crippen LogP contribution in [0.5, 0.6) is 0 Å². The highest BCUT2D eigenvalue weighted by molar-refractivity contribution is 9.10. The number of nitro benzene ring substituents is 2. The van der Waals surface area contributed by atoms with Crippen LogP contribution in [0, 0.1) is 20.2 Å². The first-order valence-electron chi connectivity index (χ1n) is 6.08. The zero-order valence-electron chi connectivity index (χ0n) is 11.1. The highest BCUT2D eigenvalue weighted by Crippen LogP contribution is 2.39. The Balaban J connectivity index is 2.24. The van der Waals surface area contributed by atoms with E-state index in [1.54, 1.807) is 24.3 Å².